The number of nitrogen functional groups attached to an aromatic ring is 1. The van der Waals surface area contributed by atoms with E-state index in [1.165, 1.54) is 0 Å². The number of carbonyl (C=O) groups is 1. The summed E-state index contributed by atoms with van der Waals surface area (Å²) in [5, 5.41) is 6.92. The van der Waals surface area contributed by atoms with E-state index in [4.69, 9.17) is 5.73 Å². The van der Waals surface area contributed by atoms with Gasteiger partial charge in [-0.05, 0) is 31.5 Å². The van der Waals surface area contributed by atoms with Gasteiger partial charge in [0.05, 0.1) is 0 Å². The first-order valence-corrected chi connectivity index (χ1v) is 5.81. The fourth-order valence-corrected chi connectivity index (χ4v) is 1.57. The van der Waals surface area contributed by atoms with Gasteiger partial charge in [0.15, 0.2) is 5.82 Å². The quantitative estimate of drug-likeness (QED) is 0.811. The molecule has 0 saturated carbocycles. The van der Waals surface area contributed by atoms with Crippen molar-refractivity contribution in [3.63, 3.8) is 0 Å². The minimum Gasteiger partial charge on any atom is -0.398 e. The van der Waals surface area contributed by atoms with E-state index in [1.807, 2.05) is 26.1 Å². The highest BCUT2D eigenvalue weighted by Gasteiger charge is 2.08. The third-order valence-electron chi connectivity index (χ3n) is 2.75. The Kier molecular flexibility index (Phi) is 3.32. The third kappa shape index (κ3) is 2.51. The van der Waals surface area contributed by atoms with Crippen LogP contribution in [0, 0.1) is 6.92 Å². The van der Waals surface area contributed by atoms with Crippen LogP contribution in [0.15, 0.2) is 30.5 Å². The minimum atomic E-state index is -0.206. The van der Waals surface area contributed by atoms with E-state index in [-0.39, 0.29) is 5.91 Å². The van der Waals surface area contributed by atoms with Crippen molar-refractivity contribution in [1.29, 1.82) is 0 Å². The molecule has 0 bridgehead atoms. The lowest BCUT2D eigenvalue weighted by atomic mass is 10.1. The Morgan fingerprint density at radius 1 is 1.44 bits per heavy atom. The van der Waals surface area contributed by atoms with E-state index in [9.17, 15) is 4.79 Å². The molecule has 0 saturated heterocycles. The van der Waals surface area contributed by atoms with Crippen LogP contribution in [0.2, 0.25) is 0 Å². The smallest absolute Gasteiger partial charge is 0.256 e. The summed E-state index contributed by atoms with van der Waals surface area (Å²) in [6.45, 7) is 4.66. The van der Waals surface area contributed by atoms with Gasteiger partial charge in [0, 0.05) is 30.1 Å². The first kappa shape index (κ1) is 12.2. The van der Waals surface area contributed by atoms with Crippen molar-refractivity contribution >= 4 is 17.4 Å². The molecule has 0 radical (unpaired) electrons. The molecule has 0 spiro atoms. The van der Waals surface area contributed by atoms with Gasteiger partial charge in [0.1, 0.15) is 0 Å². The second-order valence-electron chi connectivity index (χ2n) is 4.08. The summed E-state index contributed by atoms with van der Waals surface area (Å²) in [6.07, 6.45) is 1.82. The highest BCUT2D eigenvalue weighted by Crippen LogP contribution is 2.14. The third-order valence-corrected chi connectivity index (χ3v) is 2.75. The van der Waals surface area contributed by atoms with E-state index < -0.39 is 0 Å². The largest absolute Gasteiger partial charge is 0.398 e. The van der Waals surface area contributed by atoms with Gasteiger partial charge in [0.2, 0.25) is 0 Å². The van der Waals surface area contributed by atoms with Crippen LogP contribution in [0.5, 0.6) is 0 Å². The van der Waals surface area contributed by atoms with Crippen molar-refractivity contribution in [2.24, 2.45) is 0 Å². The molecule has 1 amide bonds. The molecule has 18 heavy (non-hydrogen) atoms. The number of aryl methyl sites for hydroxylation is 2. The summed E-state index contributed by atoms with van der Waals surface area (Å²) in [6, 6.07) is 7.01. The maximum absolute atomic E-state index is 12.0. The number of rotatable bonds is 3. The summed E-state index contributed by atoms with van der Waals surface area (Å²) < 4.78 is 1.75. The number of nitrogens with zero attached hydrogens (tertiary/aromatic N) is 2. The standard InChI is InChI=1S/C13H16N4O/c1-3-17-7-6-12(16-17)15-13(18)10-5-4-9(2)11(14)8-10/h4-8H,3,14H2,1-2H3,(H,15,16,18). The minimum absolute atomic E-state index is 0.206. The highest BCUT2D eigenvalue weighted by molar-refractivity contribution is 6.04. The lowest BCUT2D eigenvalue weighted by Crippen LogP contribution is -2.13. The van der Waals surface area contributed by atoms with Crippen LogP contribution < -0.4 is 11.1 Å². The number of hydrogen-bond acceptors (Lipinski definition) is 3. The summed E-state index contributed by atoms with van der Waals surface area (Å²) in [4.78, 5) is 12.0. The lowest BCUT2D eigenvalue weighted by Gasteiger charge is -2.05. The zero-order valence-corrected chi connectivity index (χ0v) is 10.5. The van der Waals surface area contributed by atoms with Crippen molar-refractivity contribution in [2.75, 3.05) is 11.1 Å². The Bertz CT molecular complexity index is 574. The van der Waals surface area contributed by atoms with Gasteiger partial charge in [-0.2, -0.15) is 5.10 Å². The van der Waals surface area contributed by atoms with Crippen LogP contribution >= 0.6 is 0 Å². The number of carbonyl (C=O) groups excluding carboxylic acids is 1. The van der Waals surface area contributed by atoms with Crippen LogP contribution in [0.25, 0.3) is 0 Å². The van der Waals surface area contributed by atoms with Gasteiger partial charge in [-0.1, -0.05) is 6.07 Å². The van der Waals surface area contributed by atoms with Gasteiger partial charge >= 0.3 is 0 Å². The molecule has 1 aromatic heterocycles. The lowest BCUT2D eigenvalue weighted by molar-refractivity contribution is 0.102. The summed E-state index contributed by atoms with van der Waals surface area (Å²) in [7, 11) is 0. The molecule has 5 nitrogen and oxygen atoms in total. The summed E-state index contributed by atoms with van der Waals surface area (Å²) in [5.74, 6) is 0.337. The molecule has 0 atom stereocenters. The van der Waals surface area contributed by atoms with E-state index in [0.717, 1.165) is 12.1 Å². The number of nitrogens with two attached hydrogens (primary N) is 1. The fourth-order valence-electron chi connectivity index (χ4n) is 1.57. The van der Waals surface area contributed by atoms with Gasteiger partial charge < -0.3 is 11.1 Å². The molecular weight excluding hydrogens is 228 g/mol. The fraction of sp³-hybridized carbons (Fsp3) is 0.231. The molecule has 3 N–H and O–H groups in total. The number of hydrogen-bond donors (Lipinski definition) is 2. The molecule has 0 aliphatic rings. The Labute approximate surface area is 106 Å². The Hall–Kier alpha value is -2.30. The Morgan fingerprint density at radius 3 is 2.83 bits per heavy atom. The predicted molar refractivity (Wildman–Crippen MR) is 71.4 cm³/mol. The van der Waals surface area contributed by atoms with Crippen molar-refractivity contribution < 1.29 is 4.79 Å². The number of aromatic nitrogens is 2. The summed E-state index contributed by atoms with van der Waals surface area (Å²) in [5.41, 5.74) is 7.88. The molecular formula is C13H16N4O. The SMILES string of the molecule is CCn1ccc(NC(=O)c2ccc(C)c(N)c2)n1. The molecule has 2 rings (SSSR count). The molecule has 2 aromatic rings. The van der Waals surface area contributed by atoms with Gasteiger partial charge in [-0.3, -0.25) is 9.48 Å². The van der Waals surface area contributed by atoms with Crippen LogP contribution in [-0.2, 0) is 6.54 Å². The number of benzene rings is 1. The first-order valence-electron chi connectivity index (χ1n) is 5.81. The topological polar surface area (TPSA) is 72.9 Å². The Morgan fingerprint density at radius 2 is 2.22 bits per heavy atom. The average molecular weight is 244 g/mol. The van der Waals surface area contributed by atoms with Crippen molar-refractivity contribution in [1.82, 2.24) is 9.78 Å². The number of nitrogens with one attached hydrogen (secondary N) is 1. The van der Waals surface area contributed by atoms with Crippen LogP contribution in [0.3, 0.4) is 0 Å². The number of amides is 1. The molecule has 0 aliphatic carbocycles. The second kappa shape index (κ2) is 4.91. The zero-order valence-electron chi connectivity index (χ0n) is 10.5. The molecule has 0 fully saturated rings. The average Bonchev–Trinajstić information content (AvgIpc) is 2.80. The van der Waals surface area contributed by atoms with Gasteiger partial charge in [-0.15, -0.1) is 0 Å². The molecule has 0 aliphatic heterocycles. The van der Waals surface area contributed by atoms with Crippen LogP contribution in [0.4, 0.5) is 11.5 Å². The zero-order chi connectivity index (χ0) is 13.1. The van der Waals surface area contributed by atoms with Crippen molar-refractivity contribution in [3.8, 4) is 0 Å². The monoisotopic (exact) mass is 244 g/mol. The van der Waals surface area contributed by atoms with E-state index in [1.54, 1.807) is 22.9 Å². The molecule has 1 heterocycles. The first-order chi connectivity index (χ1) is 8.60. The second-order valence-corrected chi connectivity index (χ2v) is 4.08. The highest BCUT2D eigenvalue weighted by atomic mass is 16.1. The maximum Gasteiger partial charge on any atom is 0.256 e. The summed E-state index contributed by atoms with van der Waals surface area (Å²) >= 11 is 0. The normalized spacial score (nSPS) is 10.3. The van der Waals surface area contributed by atoms with Gasteiger partial charge in [0.25, 0.3) is 5.91 Å². The molecule has 94 valence electrons. The van der Waals surface area contributed by atoms with Crippen molar-refractivity contribution in [3.05, 3.63) is 41.6 Å². The van der Waals surface area contributed by atoms with E-state index in [0.29, 0.717) is 17.1 Å². The van der Waals surface area contributed by atoms with E-state index in [2.05, 4.69) is 10.4 Å². The molecule has 0 unspecified atom stereocenters. The molecule has 5 heteroatoms. The van der Waals surface area contributed by atoms with Crippen LogP contribution in [0.1, 0.15) is 22.8 Å². The number of anilines is 2. The van der Waals surface area contributed by atoms with Crippen molar-refractivity contribution in [2.45, 2.75) is 20.4 Å². The van der Waals surface area contributed by atoms with Crippen LogP contribution in [-0.4, -0.2) is 15.7 Å². The molecule has 1 aromatic carbocycles. The van der Waals surface area contributed by atoms with Gasteiger partial charge in [-0.25, -0.2) is 0 Å². The predicted octanol–water partition coefficient (Wildman–Crippen LogP) is 2.05. The Balaban J connectivity index is 2.14. The maximum atomic E-state index is 12.0. The van der Waals surface area contributed by atoms with E-state index >= 15 is 0 Å².